The maximum absolute atomic E-state index is 10.3. The molecule has 0 aliphatic carbocycles. The number of nitrogens with two attached hydrogens (primary N) is 1. The summed E-state index contributed by atoms with van der Waals surface area (Å²) in [4.78, 5) is 10.3. The summed E-state index contributed by atoms with van der Waals surface area (Å²) in [6.07, 6.45) is 2.29. The fourth-order valence-corrected chi connectivity index (χ4v) is 1.46. The Morgan fingerprint density at radius 3 is 2.88 bits per heavy atom. The van der Waals surface area contributed by atoms with Crippen LogP contribution in [0.15, 0.2) is 18.2 Å². The first-order chi connectivity index (χ1) is 8.09. The molecule has 0 heterocycles. The maximum atomic E-state index is 10.3. The van der Waals surface area contributed by atoms with Gasteiger partial charge in [-0.3, -0.25) is 4.79 Å². The summed E-state index contributed by atoms with van der Waals surface area (Å²) < 4.78 is 0. The van der Waals surface area contributed by atoms with Gasteiger partial charge in [-0.2, -0.15) is 0 Å². The molecule has 0 saturated heterocycles. The number of nitrogen functional groups attached to an aromatic ring is 1. The Bertz CT molecular complexity index is 460. The summed E-state index contributed by atoms with van der Waals surface area (Å²) in [6, 6.07) is 5.16. The van der Waals surface area contributed by atoms with Crippen LogP contribution in [0, 0.1) is 11.8 Å². The molecular formula is C13H14ClNO2. The van der Waals surface area contributed by atoms with Gasteiger partial charge in [-0.05, 0) is 31.0 Å². The summed E-state index contributed by atoms with van der Waals surface area (Å²) >= 11 is 5.83. The molecule has 0 bridgehead atoms. The van der Waals surface area contributed by atoms with Crippen LogP contribution in [0.1, 0.15) is 31.2 Å². The number of hydrogen-bond acceptors (Lipinski definition) is 2. The van der Waals surface area contributed by atoms with E-state index in [2.05, 4.69) is 11.8 Å². The minimum atomic E-state index is -0.767. The standard InChI is InChI=1S/C13H14ClNO2/c14-11-7-8-12(15)10(9-11)5-3-1-2-4-6-13(16)17/h7-9H,1-2,4,6,15H2,(H,16,17). The van der Waals surface area contributed by atoms with Crippen molar-refractivity contribution in [3.63, 3.8) is 0 Å². The van der Waals surface area contributed by atoms with Crippen molar-refractivity contribution >= 4 is 23.3 Å². The molecule has 3 nitrogen and oxygen atoms in total. The van der Waals surface area contributed by atoms with Crippen LogP contribution in [-0.2, 0) is 4.79 Å². The van der Waals surface area contributed by atoms with Crippen molar-refractivity contribution in [3.05, 3.63) is 28.8 Å². The maximum Gasteiger partial charge on any atom is 0.303 e. The Labute approximate surface area is 106 Å². The minimum absolute atomic E-state index is 0.195. The second-order valence-corrected chi connectivity index (χ2v) is 4.07. The van der Waals surface area contributed by atoms with Crippen molar-refractivity contribution in [2.75, 3.05) is 5.73 Å². The van der Waals surface area contributed by atoms with Crippen LogP contribution in [0.4, 0.5) is 5.69 Å². The first kappa shape index (κ1) is 13.4. The Morgan fingerprint density at radius 1 is 1.41 bits per heavy atom. The van der Waals surface area contributed by atoms with Crippen molar-refractivity contribution < 1.29 is 9.90 Å². The van der Waals surface area contributed by atoms with Crippen molar-refractivity contribution in [1.82, 2.24) is 0 Å². The molecule has 3 N–H and O–H groups in total. The van der Waals surface area contributed by atoms with E-state index in [-0.39, 0.29) is 6.42 Å². The van der Waals surface area contributed by atoms with Crippen molar-refractivity contribution in [1.29, 1.82) is 0 Å². The molecule has 0 radical (unpaired) electrons. The number of unbranched alkanes of at least 4 members (excludes halogenated alkanes) is 2. The number of carboxylic acid groups (broad SMARTS) is 1. The van der Waals surface area contributed by atoms with E-state index in [1.165, 1.54) is 0 Å². The van der Waals surface area contributed by atoms with Gasteiger partial charge >= 0.3 is 5.97 Å². The third-order valence-corrected chi connectivity index (χ3v) is 2.42. The molecule has 0 fully saturated rings. The highest BCUT2D eigenvalue weighted by Gasteiger charge is 1.96. The van der Waals surface area contributed by atoms with E-state index >= 15 is 0 Å². The number of rotatable bonds is 4. The van der Waals surface area contributed by atoms with Gasteiger partial charge in [0, 0.05) is 29.1 Å². The third-order valence-electron chi connectivity index (χ3n) is 2.18. The normalized spacial score (nSPS) is 9.47. The van der Waals surface area contributed by atoms with Crippen molar-refractivity contribution in [2.24, 2.45) is 0 Å². The summed E-state index contributed by atoms with van der Waals surface area (Å²) in [6.45, 7) is 0. The average Bonchev–Trinajstić information content (AvgIpc) is 2.27. The van der Waals surface area contributed by atoms with Crippen LogP contribution in [-0.4, -0.2) is 11.1 Å². The number of halogens is 1. The van der Waals surface area contributed by atoms with E-state index in [1.807, 2.05) is 0 Å². The zero-order valence-electron chi connectivity index (χ0n) is 9.37. The van der Waals surface area contributed by atoms with E-state index in [4.69, 9.17) is 22.4 Å². The second kappa shape index (κ2) is 6.82. The molecule has 0 aromatic heterocycles. The molecule has 4 heteroatoms. The molecule has 0 amide bonds. The predicted octanol–water partition coefficient (Wildman–Crippen LogP) is 2.92. The van der Waals surface area contributed by atoms with E-state index in [1.54, 1.807) is 18.2 Å². The van der Waals surface area contributed by atoms with Gasteiger partial charge in [0.05, 0.1) is 0 Å². The number of carbonyl (C=O) groups is 1. The highest BCUT2D eigenvalue weighted by molar-refractivity contribution is 6.30. The van der Waals surface area contributed by atoms with Gasteiger partial charge in [-0.15, -0.1) is 0 Å². The number of aliphatic carboxylic acids is 1. The first-order valence-electron chi connectivity index (χ1n) is 5.35. The van der Waals surface area contributed by atoms with E-state index < -0.39 is 5.97 Å². The first-order valence-corrected chi connectivity index (χ1v) is 5.73. The Kier molecular flexibility index (Phi) is 5.38. The lowest BCUT2D eigenvalue weighted by atomic mass is 10.1. The SMILES string of the molecule is Nc1ccc(Cl)cc1C#CCCCCC(=O)O. The van der Waals surface area contributed by atoms with Gasteiger partial charge in [0.15, 0.2) is 0 Å². The van der Waals surface area contributed by atoms with Crippen molar-refractivity contribution in [3.8, 4) is 11.8 Å². The largest absolute Gasteiger partial charge is 0.481 e. The van der Waals surface area contributed by atoms with Gasteiger partial charge in [-0.25, -0.2) is 0 Å². The molecule has 1 rings (SSSR count). The van der Waals surface area contributed by atoms with Crippen LogP contribution in [0.3, 0.4) is 0 Å². The smallest absolute Gasteiger partial charge is 0.303 e. The number of anilines is 1. The fraction of sp³-hybridized carbons (Fsp3) is 0.308. The van der Waals surface area contributed by atoms with Gasteiger partial charge in [-0.1, -0.05) is 23.4 Å². The minimum Gasteiger partial charge on any atom is -0.481 e. The Morgan fingerprint density at radius 2 is 2.18 bits per heavy atom. The second-order valence-electron chi connectivity index (χ2n) is 3.63. The van der Waals surface area contributed by atoms with Gasteiger partial charge < -0.3 is 10.8 Å². The van der Waals surface area contributed by atoms with E-state index in [9.17, 15) is 4.79 Å². The lowest BCUT2D eigenvalue weighted by molar-refractivity contribution is -0.137. The summed E-state index contributed by atoms with van der Waals surface area (Å²) in [5.74, 6) is 5.13. The molecular weight excluding hydrogens is 238 g/mol. The molecule has 90 valence electrons. The average molecular weight is 252 g/mol. The van der Waals surface area contributed by atoms with Crippen LogP contribution < -0.4 is 5.73 Å². The van der Waals surface area contributed by atoms with E-state index in [0.29, 0.717) is 23.6 Å². The zero-order chi connectivity index (χ0) is 12.7. The molecule has 0 aliphatic rings. The van der Waals surface area contributed by atoms with Crippen molar-refractivity contribution in [2.45, 2.75) is 25.7 Å². The number of carboxylic acids is 1. The molecule has 0 aliphatic heterocycles. The van der Waals surface area contributed by atoms with Crippen LogP contribution >= 0.6 is 11.6 Å². The van der Waals surface area contributed by atoms with Gasteiger partial charge in [0.25, 0.3) is 0 Å². The summed E-state index contributed by atoms with van der Waals surface area (Å²) in [5.41, 5.74) is 7.05. The topological polar surface area (TPSA) is 63.3 Å². The third kappa shape index (κ3) is 5.28. The molecule has 17 heavy (non-hydrogen) atoms. The monoisotopic (exact) mass is 251 g/mol. The molecule has 0 unspecified atom stereocenters. The predicted molar refractivity (Wildman–Crippen MR) is 68.8 cm³/mol. The molecule has 1 aromatic rings. The molecule has 0 saturated carbocycles. The number of benzene rings is 1. The van der Waals surface area contributed by atoms with Crippen LogP contribution in [0.25, 0.3) is 0 Å². The van der Waals surface area contributed by atoms with Gasteiger partial charge in [0.2, 0.25) is 0 Å². The zero-order valence-corrected chi connectivity index (χ0v) is 10.1. The highest BCUT2D eigenvalue weighted by Crippen LogP contribution is 2.16. The number of hydrogen-bond donors (Lipinski definition) is 2. The lowest BCUT2D eigenvalue weighted by Crippen LogP contribution is -1.93. The molecule has 0 spiro atoms. The summed E-state index contributed by atoms with van der Waals surface area (Å²) in [7, 11) is 0. The van der Waals surface area contributed by atoms with E-state index in [0.717, 1.165) is 12.0 Å². The summed E-state index contributed by atoms with van der Waals surface area (Å²) in [5, 5.41) is 9.05. The van der Waals surface area contributed by atoms with Crippen LogP contribution in [0.2, 0.25) is 5.02 Å². The molecule has 0 atom stereocenters. The molecule has 1 aromatic carbocycles. The Balaban J connectivity index is 2.43. The Hall–Kier alpha value is -1.66. The van der Waals surface area contributed by atoms with Gasteiger partial charge in [0.1, 0.15) is 0 Å². The quantitative estimate of drug-likeness (QED) is 0.491. The highest BCUT2D eigenvalue weighted by atomic mass is 35.5. The van der Waals surface area contributed by atoms with Crippen LogP contribution in [0.5, 0.6) is 0 Å². The lowest BCUT2D eigenvalue weighted by Gasteiger charge is -1.97. The fourth-order valence-electron chi connectivity index (χ4n) is 1.28.